The van der Waals surface area contributed by atoms with Crippen molar-refractivity contribution in [2.75, 3.05) is 26.7 Å². The number of nitrogens with zero attached hydrogens (tertiary/aromatic N) is 3. The van der Waals surface area contributed by atoms with Gasteiger partial charge < -0.3 is 19.2 Å². The van der Waals surface area contributed by atoms with Crippen LogP contribution in [-0.2, 0) is 13.2 Å². The zero-order valence-electron chi connectivity index (χ0n) is 21.5. The van der Waals surface area contributed by atoms with E-state index in [9.17, 15) is 4.79 Å². The van der Waals surface area contributed by atoms with E-state index < -0.39 is 0 Å². The molecule has 0 atom stereocenters. The predicted molar refractivity (Wildman–Crippen MR) is 144 cm³/mol. The Labute approximate surface area is 218 Å². The summed E-state index contributed by atoms with van der Waals surface area (Å²) < 4.78 is 13.3. The van der Waals surface area contributed by atoms with Crippen molar-refractivity contribution in [2.45, 2.75) is 32.9 Å². The summed E-state index contributed by atoms with van der Waals surface area (Å²) in [6.45, 7) is 6.03. The van der Waals surface area contributed by atoms with Gasteiger partial charge in [-0.15, -0.1) is 0 Å². The fourth-order valence-corrected chi connectivity index (χ4v) is 4.88. The number of carbonyl (C=O) groups excluding carboxylic acids is 1. The van der Waals surface area contributed by atoms with Gasteiger partial charge in [-0.05, 0) is 80.2 Å². The van der Waals surface area contributed by atoms with Crippen LogP contribution in [0.2, 0.25) is 0 Å². The third-order valence-corrected chi connectivity index (χ3v) is 7.06. The number of methoxy groups -OCH3 is 1. The van der Waals surface area contributed by atoms with Gasteiger partial charge in [0.2, 0.25) is 0 Å². The maximum atomic E-state index is 13.0. The van der Waals surface area contributed by atoms with Crippen molar-refractivity contribution in [1.82, 2.24) is 19.6 Å². The molecule has 1 fully saturated rings. The van der Waals surface area contributed by atoms with Crippen LogP contribution in [0.15, 0.2) is 73.1 Å². The molecule has 0 bridgehead atoms. The Morgan fingerprint density at radius 1 is 1.05 bits per heavy atom. The van der Waals surface area contributed by atoms with Crippen molar-refractivity contribution < 1.29 is 14.3 Å². The molecule has 1 amide bonds. The first-order valence-electron chi connectivity index (χ1n) is 12.9. The Balaban J connectivity index is 1.11. The Kier molecular flexibility index (Phi) is 7.70. The molecule has 0 spiro atoms. The zero-order chi connectivity index (χ0) is 25.6. The monoisotopic (exact) mass is 498 g/mol. The normalized spacial score (nSPS) is 14.5. The molecule has 0 saturated carbocycles. The standard InChI is InChI=1S/C30H34N4O3/c1-22-6-5-15-34-20-25(32-29(22)34)21-37-28-8-4-3-7-27(28)30(35)31-18-23-13-16-33(17-14-23)19-24-9-11-26(36-2)12-10-24/h3-12,15,20,23H,13-14,16-19,21H2,1-2H3,(H,31,35). The number of para-hydroxylation sites is 1. The molecule has 1 saturated heterocycles. The van der Waals surface area contributed by atoms with Gasteiger partial charge >= 0.3 is 0 Å². The first-order valence-corrected chi connectivity index (χ1v) is 12.9. The molecule has 3 heterocycles. The SMILES string of the molecule is COc1ccc(CN2CCC(CNC(=O)c3ccccc3OCc3cn4cccc(C)c4n3)CC2)cc1. The number of hydrogen-bond donors (Lipinski definition) is 1. The fourth-order valence-electron chi connectivity index (χ4n) is 4.88. The Bertz CT molecular complexity index is 1340. The third-order valence-electron chi connectivity index (χ3n) is 7.06. The lowest BCUT2D eigenvalue weighted by Crippen LogP contribution is -2.38. The number of piperidine rings is 1. The molecule has 7 heteroatoms. The number of aryl methyl sites for hydroxylation is 1. The van der Waals surface area contributed by atoms with Crippen LogP contribution in [-0.4, -0.2) is 46.9 Å². The number of imidazole rings is 1. The molecule has 5 rings (SSSR count). The molecular weight excluding hydrogens is 464 g/mol. The van der Waals surface area contributed by atoms with E-state index in [0.29, 0.717) is 30.4 Å². The molecule has 4 aromatic rings. The average molecular weight is 499 g/mol. The number of rotatable bonds is 9. The van der Waals surface area contributed by atoms with Gasteiger partial charge in [0.15, 0.2) is 0 Å². The van der Waals surface area contributed by atoms with Gasteiger partial charge in [0, 0.05) is 25.5 Å². The van der Waals surface area contributed by atoms with E-state index in [0.717, 1.165) is 55.1 Å². The first kappa shape index (κ1) is 24.8. The number of likely N-dealkylation sites (tertiary alicyclic amines) is 1. The number of fused-ring (bicyclic) bond motifs is 1. The van der Waals surface area contributed by atoms with Crippen LogP contribution in [0.3, 0.4) is 0 Å². The number of pyridine rings is 1. The second-order valence-corrected chi connectivity index (χ2v) is 9.72. The summed E-state index contributed by atoms with van der Waals surface area (Å²) in [5, 5.41) is 3.14. The molecule has 0 unspecified atom stereocenters. The highest BCUT2D eigenvalue weighted by Gasteiger charge is 2.21. The van der Waals surface area contributed by atoms with Gasteiger partial charge in [0.25, 0.3) is 5.91 Å². The molecule has 1 aliphatic rings. The Hall–Kier alpha value is -3.84. The fraction of sp³-hybridized carbons (Fsp3) is 0.333. The lowest BCUT2D eigenvalue weighted by atomic mass is 9.96. The summed E-state index contributed by atoms with van der Waals surface area (Å²) in [5.74, 6) is 1.84. The van der Waals surface area contributed by atoms with Crippen molar-refractivity contribution in [3.8, 4) is 11.5 Å². The number of amides is 1. The lowest BCUT2D eigenvalue weighted by Gasteiger charge is -2.32. The minimum Gasteiger partial charge on any atom is -0.497 e. The maximum absolute atomic E-state index is 13.0. The van der Waals surface area contributed by atoms with Crippen LogP contribution in [0.4, 0.5) is 0 Å². The molecule has 2 aromatic carbocycles. The van der Waals surface area contributed by atoms with E-state index in [-0.39, 0.29) is 5.91 Å². The van der Waals surface area contributed by atoms with Crippen molar-refractivity contribution in [3.05, 3.63) is 95.4 Å². The minimum atomic E-state index is -0.0953. The summed E-state index contributed by atoms with van der Waals surface area (Å²) in [6, 6.07) is 19.7. The Morgan fingerprint density at radius 3 is 2.59 bits per heavy atom. The van der Waals surface area contributed by atoms with Gasteiger partial charge in [-0.2, -0.15) is 0 Å². The van der Waals surface area contributed by atoms with Crippen LogP contribution in [0.1, 0.15) is 40.0 Å². The molecule has 7 nitrogen and oxygen atoms in total. The van der Waals surface area contributed by atoms with E-state index in [2.05, 4.69) is 27.3 Å². The Morgan fingerprint density at radius 2 is 1.84 bits per heavy atom. The van der Waals surface area contributed by atoms with Crippen LogP contribution >= 0.6 is 0 Å². The minimum absolute atomic E-state index is 0.0953. The van der Waals surface area contributed by atoms with Crippen molar-refractivity contribution >= 4 is 11.6 Å². The van der Waals surface area contributed by atoms with Gasteiger partial charge in [0.1, 0.15) is 23.8 Å². The number of benzene rings is 2. The van der Waals surface area contributed by atoms with E-state index in [4.69, 9.17) is 9.47 Å². The molecule has 0 aliphatic carbocycles. The summed E-state index contributed by atoms with van der Waals surface area (Å²) in [5.41, 5.74) is 4.70. The smallest absolute Gasteiger partial charge is 0.255 e. The quantitative estimate of drug-likeness (QED) is 0.357. The average Bonchev–Trinajstić information content (AvgIpc) is 3.36. The molecule has 2 aromatic heterocycles. The van der Waals surface area contributed by atoms with Crippen LogP contribution in [0, 0.1) is 12.8 Å². The largest absolute Gasteiger partial charge is 0.497 e. The maximum Gasteiger partial charge on any atom is 0.255 e. The summed E-state index contributed by atoms with van der Waals surface area (Å²) in [4.78, 5) is 20.2. The topological polar surface area (TPSA) is 68.1 Å². The van der Waals surface area contributed by atoms with E-state index in [1.165, 1.54) is 5.56 Å². The van der Waals surface area contributed by atoms with Crippen LogP contribution in [0.25, 0.3) is 5.65 Å². The van der Waals surface area contributed by atoms with Gasteiger partial charge in [-0.25, -0.2) is 4.98 Å². The molecule has 0 radical (unpaired) electrons. The van der Waals surface area contributed by atoms with Crippen molar-refractivity contribution in [2.24, 2.45) is 5.92 Å². The van der Waals surface area contributed by atoms with Crippen molar-refractivity contribution in [3.63, 3.8) is 0 Å². The first-order chi connectivity index (χ1) is 18.1. The van der Waals surface area contributed by atoms with Gasteiger partial charge in [-0.3, -0.25) is 9.69 Å². The lowest BCUT2D eigenvalue weighted by molar-refractivity contribution is 0.0930. The van der Waals surface area contributed by atoms with Gasteiger partial charge in [-0.1, -0.05) is 30.3 Å². The van der Waals surface area contributed by atoms with Crippen LogP contribution < -0.4 is 14.8 Å². The second kappa shape index (κ2) is 11.5. The highest BCUT2D eigenvalue weighted by molar-refractivity contribution is 5.96. The number of hydrogen-bond acceptors (Lipinski definition) is 5. The number of nitrogens with one attached hydrogen (secondary N) is 1. The van der Waals surface area contributed by atoms with Crippen molar-refractivity contribution in [1.29, 1.82) is 0 Å². The van der Waals surface area contributed by atoms with Crippen LogP contribution in [0.5, 0.6) is 11.5 Å². The predicted octanol–water partition coefficient (Wildman–Crippen LogP) is 4.87. The number of aromatic nitrogens is 2. The highest BCUT2D eigenvalue weighted by atomic mass is 16.5. The molecule has 1 aliphatic heterocycles. The van der Waals surface area contributed by atoms with E-state index in [1.807, 2.05) is 72.2 Å². The number of ether oxygens (including phenoxy) is 2. The highest BCUT2D eigenvalue weighted by Crippen LogP contribution is 2.22. The second-order valence-electron chi connectivity index (χ2n) is 9.72. The summed E-state index contributed by atoms with van der Waals surface area (Å²) >= 11 is 0. The molecule has 37 heavy (non-hydrogen) atoms. The van der Waals surface area contributed by atoms with E-state index >= 15 is 0 Å². The van der Waals surface area contributed by atoms with Gasteiger partial charge in [0.05, 0.1) is 18.4 Å². The molecule has 1 N–H and O–H groups in total. The molecular formula is C30H34N4O3. The molecule has 192 valence electrons. The number of carbonyl (C=O) groups is 1. The zero-order valence-corrected chi connectivity index (χ0v) is 21.5. The third kappa shape index (κ3) is 6.12. The van der Waals surface area contributed by atoms with E-state index in [1.54, 1.807) is 7.11 Å². The summed E-state index contributed by atoms with van der Waals surface area (Å²) in [7, 11) is 1.69. The summed E-state index contributed by atoms with van der Waals surface area (Å²) in [6.07, 6.45) is 6.08.